The molecule has 3 atom stereocenters. The summed E-state index contributed by atoms with van der Waals surface area (Å²) in [4.78, 5) is 13.9. The van der Waals surface area contributed by atoms with Gasteiger partial charge in [0.15, 0.2) is 0 Å². The number of ether oxygens (including phenoxy) is 1. The lowest BCUT2D eigenvalue weighted by Gasteiger charge is -2.40. The minimum Gasteiger partial charge on any atom is -0.468 e. The Kier molecular flexibility index (Phi) is 4.47. The largest absolute Gasteiger partial charge is 0.468 e. The second kappa shape index (κ2) is 5.76. The second-order valence-electron chi connectivity index (χ2n) is 5.31. The number of fused-ring (bicyclic) bond motifs is 1. The third-order valence-electron chi connectivity index (χ3n) is 4.07. The highest BCUT2D eigenvalue weighted by atomic mass is 32.2. The molecule has 0 N–H and O–H groups in total. The minimum absolute atomic E-state index is 0.174. The summed E-state index contributed by atoms with van der Waals surface area (Å²) in [6.45, 7) is 1.09. The number of hydrogen-bond acceptors (Lipinski definition) is 6. The number of methoxy groups -OCH3 is 1. The van der Waals surface area contributed by atoms with Crippen molar-refractivity contribution in [2.75, 3.05) is 26.5 Å². The lowest BCUT2D eigenvalue weighted by atomic mass is 9.86. The fourth-order valence-corrected chi connectivity index (χ4v) is 3.65. The lowest BCUT2D eigenvalue weighted by Crippen LogP contribution is -2.52. The van der Waals surface area contributed by atoms with Crippen molar-refractivity contribution >= 4 is 16.1 Å². The van der Waals surface area contributed by atoms with Crippen LogP contribution in [0.1, 0.15) is 25.7 Å². The zero-order valence-corrected chi connectivity index (χ0v) is 12.2. The van der Waals surface area contributed by atoms with Crippen LogP contribution in [0.2, 0.25) is 0 Å². The first-order valence-corrected chi connectivity index (χ1v) is 8.42. The monoisotopic (exact) mass is 291 g/mol. The first-order chi connectivity index (χ1) is 8.92. The topological polar surface area (TPSA) is 72.9 Å². The summed E-state index contributed by atoms with van der Waals surface area (Å²) in [6, 6.07) is 0.0617. The van der Waals surface area contributed by atoms with Gasteiger partial charge in [0.25, 0.3) is 10.1 Å². The van der Waals surface area contributed by atoms with Crippen molar-refractivity contribution in [2.45, 2.75) is 37.8 Å². The third-order valence-corrected chi connectivity index (χ3v) is 4.63. The Morgan fingerprint density at radius 3 is 2.68 bits per heavy atom. The molecule has 19 heavy (non-hydrogen) atoms. The van der Waals surface area contributed by atoms with Crippen LogP contribution in [0.3, 0.4) is 0 Å². The SMILES string of the molecule is COC(=O)[C@@H]1CC[C@@H](COS(C)(=O)=O)[C@@H]2CCCN12. The van der Waals surface area contributed by atoms with Crippen molar-refractivity contribution in [1.29, 1.82) is 0 Å². The predicted octanol–water partition coefficient (Wildman–Crippen LogP) is 0.379. The fourth-order valence-electron chi connectivity index (χ4n) is 3.23. The molecule has 0 amide bonds. The van der Waals surface area contributed by atoms with Gasteiger partial charge in [-0.1, -0.05) is 0 Å². The molecule has 0 radical (unpaired) electrons. The molecule has 110 valence electrons. The summed E-state index contributed by atoms with van der Waals surface area (Å²) in [6.07, 6.45) is 4.61. The van der Waals surface area contributed by atoms with Crippen LogP contribution in [-0.4, -0.2) is 57.9 Å². The quantitative estimate of drug-likeness (QED) is 0.551. The summed E-state index contributed by atoms with van der Waals surface area (Å²) in [7, 11) is -1.99. The van der Waals surface area contributed by atoms with Gasteiger partial charge in [-0.2, -0.15) is 8.42 Å². The molecule has 2 heterocycles. The van der Waals surface area contributed by atoms with Gasteiger partial charge in [0.2, 0.25) is 0 Å². The van der Waals surface area contributed by atoms with Gasteiger partial charge in [-0.25, -0.2) is 0 Å². The van der Waals surface area contributed by atoms with Crippen LogP contribution < -0.4 is 0 Å². The normalized spacial score (nSPS) is 32.0. The maximum absolute atomic E-state index is 11.7. The molecular formula is C12H21NO5S. The molecule has 2 aliphatic rings. The Morgan fingerprint density at radius 2 is 2.05 bits per heavy atom. The Labute approximate surface area is 114 Å². The Balaban J connectivity index is 2.01. The maximum Gasteiger partial charge on any atom is 0.323 e. The van der Waals surface area contributed by atoms with E-state index in [-0.39, 0.29) is 30.6 Å². The molecule has 0 unspecified atom stereocenters. The molecule has 6 nitrogen and oxygen atoms in total. The molecule has 2 rings (SSSR count). The van der Waals surface area contributed by atoms with Gasteiger partial charge in [0.05, 0.1) is 20.0 Å². The molecule has 0 bridgehead atoms. The van der Waals surface area contributed by atoms with E-state index in [1.807, 2.05) is 0 Å². The van der Waals surface area contributed by atoms with Gasteiger partial charge in [-0.15, -0.1) is 0 Å². The van der Waals surface area contributed by atoms with Crippen LogP contribution in [0.4, 0.5) is 0 Å². The van der Waals surface area contributed by atoms with E-state index in [2.05, 4.69) is 4.90 Å². The van der Waals surface area contributed by atoms with E-state index < -0.39 is 10.1 Å². The summed E-state index contributed by atoms with van der Waals surface area (Å²) >= 11 is 0. The molecule has 2 aliphatic heterocycles. The van der Waals surface area contributed by atoms with Gasteiger partial charge >= 0.3 is 5.97 Å². The van der Waals surface area contributed by atoms with Crippen LogP contribution in [-0.2, 0) is 23.8 Å². The summed E-state index contributed by atoms with van der Waals surface area (Å²) in [5, 5.41) is 0. The molecule has 0 aromatic carbocycles. The van der Waals surface area contributed by atoms with Crippen LogP contribution in [0.25, 0.3) is 0 Å². The van der Waals surface area contributed by atoms with Crippen LogP contribution in [0.5, 0.6) is 0 Å². The highest BCUT2D eigenvalue weighted by Gasteiger charge is 2.43. The van der Waals surface area contributed by atoms with Gasteiger partial charge in [0, 0.05) is 6.04 Å². The number of carbonyl (C=O) groups excluding carboxylic acids is 1. The predicted molar refractivity (Wildman–Crippen MR) is 69.1 cm³/mol. The van der Waals surface area contributed by atoms with Crippen LogP contribution >= 0.6 is 0 Å². The summed E-state index contributed by atoms with van der Waals surface area (Å²) in [5.74, 6) is -0.00693. The van der Waals surface area contributed by atoms with Gasteiger partial charge in [-0.05, 0) is 38.1 Å². The molecule has 7 heteroatoms. The number of piperidine rings is 1. The first-order valence-electron chi connectivity index (χ1n) is 6.60. The third kappa shape index (κ3) is 3.46. The van der Waals surface area contributed by atoms with Gasteiger partial charge < -0.3 is 4.74 Å². The van der Waals surface area contributed by atoms with E-state index >= 15 is 0 Å². The fraction of sp³-hybridized carbons (Fsp3) is 0.917. The van der Waals surface area contributed by atoms with Crippen molar-refractivity contribution in [1.82, 2.24) is 4.90 Å². The average Bonchev–Trinajstić information content (AvgIpc) is 2.83. The minimum atomic E-state index is -3.40. The smallest absolute Gasteiger partial charge is 0.323 e. The van der Waals surface area contributed by atoms with E-state index in [0.29, 0.717) is 6.42 Å². The van der Waals surface area contributed by atoms with Gasteiger partial charge in [0.1, 0.15) is 6.04 Å². The lowest BCUT2D eigenvalue weighted by molar-refractivity contribution is -0.150. The maximum atomic E-state index is 11.7. The Hall–Kier alpha value is -0.660. The Bertz CT molecular complexity index is 435. The van der Waals surface area contributed by atoms with Crippen molar-refractivity contribution < 1.29 is 22.1 Å². The summed E-state index contributed by atoms with van der Waals surface area (Å²) in [5.41, 5.74) is 0. The highest BCUT2D eigenvalue weighted by molar-refractivity contribution is 7.85. The number of rotatable bonds is 4. The second-order valence-corrected chi connectivity index (χ2v) is 6.96. The zero-order valence-electron chi connectivity index (χ0n) is 11.4. The molecular weight excluding hydrogens is 270 g/mol. The van der Waals surface area contributed by atoms with Crippen molar-refractivity contribution in [3.8, 4) is 0 Å². The van der Waals surface area contributed by atoms with E-state index in [1.165, 1.54) is 7.11 Å². The van der Waals surface area contributed by atoms with E-state index in [4.69, 9.17) is 8.92 Å². The average molecular weight is 291 g/mol. The number of esters is 1. The van der Waals surface area contributed by atoms with Gasteiger partial charge in [-0.3, -0.25) is 13.9 Å². The molecule has 0 saturated carbocycles. The molecule has 0 aromatic rings. The van der Waals surface area contributed by atoms with E-state index in [0.717, 1.165) is 32.1 Å². The van der Waals surface area contributed by atoms with Crippen LogP contribution in [0, 0.1) is 5.92 Å². The van der Waals surface area contributed by atoms with Crippen molar-refractivity contribution in [2.24, 2.45) is 5.92 Å². The highest BCUT2D eigenvalue weighted by Crippen LogP contribution is 2.35. The first kappa shape index (κ1) is 14.7. The molecule has 2 fully saturated rings. The molecule has 0 aromatic heterocycles. The van der Waals surface area contributed by atoms with E-state index in [1.54, 1.807) is 0 Å². The zero-order chi connectivity index (χ0) is 14.0. The number of nitrogens with zero attached hydrogens (tertiary/aromatic N) is 1. The van der Waals surface area contributed by atoms with Crippen molar-refractivity contribution in [3.63, 3.8) is 0 Å². The Morgan fingerprint density at radius 1 is 1.32 bits per heavy atom. The van der Waals surface area contributed by atoms with Crippen molar-refractivity contribution in [3.05, 3.63) is 0 Å². The molecule has 0 aliphatic carbocycles. The van der Waals surface area contributed by atoms with E-state index in [9.17, 15) is 13.2 Å². The molecule has 2 saturated heterocycles. The number of carbonyl (C=O) groups is 1. The standard InChI is InChI=1S/C12H21NO5S/c1-17-12(14)11-6-5-9(8-18-19(2,15)16)10-4-3-7-13(10)11/h9-11H,3-8H2,1-2H3/t9-,10-,11-/m0/s1. The summed E-state index contributed by atoms with van der Waals surface area (Å²) < 4.78 is 31.9. The molecule has 0 spiro atoms. The number of hydrogen-bond donors (Lipinski definition) is 0. The van der Waals surface area contributed by atoms with Crippen LogP contribution in [0.15, 0.2) is 0 Å².